The van der Waals surface area contributed by atoms with Crippen LogP contribution in [0.1, 0.15) is 0 Å². The lowest BCUT2D eigenvalue weighted by Crippen LogP contribution is -2.38. The summed E-state index contributed by atoms with van der Waals surface area (Å²) in [6, 6.07) is 13.8. The van der Waals surface area contributed by atoms with Crippen LogP contribution >= 0.6 is 12.4 Å². The van der Waals surface area contributed by atoms with E-state index in [-0.39, 0.29) is 32.2 Å². The van der Waals surface area contributed by atoms with E-state index in [1.807, 2.05) is 42.5 Å². The van der Waals surface area contributed by atoms with Crippen LogP contribution < -0.4 is 4.74 Å². The van der Waals surface area contributed by atoms with Crippen LogP contribution in [0.5, 0.6) is 5.75 Å². The van der Waals surface area contributed by atoms with Crippen molar-refractivity contribution in [3.8, 4) is 5.75 Å². The van der Waals surface area contributed by atoms with Crippen LogP contribution in [0.15, 0.2) is 42.5 Å². The summed E-state index contributed by atoms with van der Waals surface area (Å²) in [4.78, 5) is 1.80. The van der Waals surface area contributed by atoms with Gasteiger partial charge in [-0.25, -0.2) is 0 Å². The molecule has 2 aromatic carbocycles. The summed E-state index contributed by atoms with van der Waals surface area (Å²) < 4.78 is 5.63. The molecule has 0 aliphatic carbocycles. The third-order valence-corrected chi connectivity index (χ3v) is 3.46. The Morgan fingerprint density at radius 3 is 2.26 bits per heavy atom. The van der Waals surface area contributed by atoms with E-state index in [9.17, 15) is 5.11 Å². The third kappa shape index (κ3) is 6.33. The smallest absolute Gasteiger partial charge is 0.120 e. The molecule has 0 fully saturated rings. The van der Waals surface area contributed by atoms with Crippen LogP contribution in [0, 0.1) is 0 Å². The molecule has 5 nitrogen and oxygen atoms in total. The Bertz CT molecular complexity index is 575. The van der Waals surface area contributed by atoms with Crippen LogP contribution in [0.25, 0.3) is 10.8 Å². The van der Waals surface area contributed by atoms with Gasteiger partial charge in [0, 0.05) is 19.6 Å². The van der Waals surface area contributed by atoms with Gasteiger partial charge in [0.1, 0.15) is 18.5 Å². The molecule has 23 heavy (non-hydrogen) atoms. The van der Waals surface area contributed by atoms with Crippen LogP contribution in [-0.4, -0.2) is 65.8 Å². The minimum Gasteiger partial charge on any atom is -0.491 e. The van der Waals surface area contributed by atoms with Crippen LogP contribution in [0.3, 0.4) is 0 Å². The van der Waals surface area contributed by atoms with E-state index in [4.69, 9.17) is 14.9 Å². The molecule has 3 N–H and O–H groups in total. The van der Waals surface area contributed by atoms with Crippen molar-refractivity contribution in [1.29, 1.82) is 0 Å². The van der Waals surface area contributed by atoms with E-state index in [1.165, 1.54) is 0 Å². The molecule has 2 rings (SSSR count). The highest BCUT2D eigenvalue weighted by Crippen LogP contribution is 2.20. The molecule has 128 valence electrons. The fourth-order valence-electron chi connectivity index (χ4n) is 2.38. The number of ether oxygens (including phenoxy) is 1. The number of aliphatic hydroxyl groups is 3. The van der Waals surface area contributed by atoms with Gasteiger partial charge in [0.15, 0.2) is 0 Å². The quantitative estimate of drug-likeness (QED) is 0.641. The summed E-state index contributed by atoms with van der Waals surface area (Å²) in [7, 11) is 0. The molecule has 0 aliphatic rings. The second-order valence-corrected chi connectivity index (χ2v) is 5.22. The molecule has 0 radical (unpaired) electrons. The van der Waals surface area contributed by atoms with Crippen molar-refractivity contribution in [3.05, 3.63) is 42.5 Å². The maximum absolute atomic E-state index is 10.0. The first-order chi connectivity index (χ1) is 10.7. The van der Waals surface area contributed by atoms with Gasteiger partial charge in [-0.3, -0.25) is 4.90 Å². The van der Waals surface area contributed by atoms with Crippen molar-refractivity contribution in [2.75, 3.05) is 39.5 Å². The molecule has 2 aromatic rings. The second kappa shape index (κ2) is 10.4. The zero-order valence-electron chi connectivity index (χ0n) is 13.0. The third-order valence-electron chi connectivity index (χ3n) is 3.46. The number of rotatable bonds is 9. The first-order valence-corrected chi connectivity index (χ1v) is 7.46. The van der Waals surface area contributed by atoms with Gasteiger partial charge >= 0.3 is 0 Å². The minimum absolute atomic E-state index is 0. The molecular weight excluding hydrogens is 318 g/mol. The van der Waals surface area contributed by atoms with Crippen LogP contribution in [0.2, 0.25) is 0 Å². The van der Waals surface area contributed by atoms with E-state index >= 15 is 0 Å². The van der Waals surface area contributed by atoms with E-state index in [1.54, 1.807) is 4.90 Å². The predicted octanol–water partition coefficient (Wildman–Crippen LogP) is 1.29. The molecule has 0 heterocycles. The monoisotopic (exact) mass is 341 g/mol. The Morgan fingerprint density at radius 2 is 1.61 bits per heavy atom. The predicted molar refractivity (Wildman–Crippen MR) is 93.3 cm³/mol. The van der Waals surface area contributed by atoms with Gasteiger partial charge in [0.05, 0.1) is 13.2 Å². The average Bonchev–Trinajstić information content (AvgIpc) is 2.53. The Kier molecular flexibility index (Phi) is 8.91. The number of benzene rings is 2. The zero-order chi connectivity index (χ0) is 15.8. The Hall–Kier alpha value is -1.37. The second-order valence-electron chi connectivity index (χ2n) is 5.22. The fraction of sp³-hybridized carbons (Fsp3) is 0.412. The average molecular weight is 342 g/mol. The van der Waals surface area contributed by atoms with Crippen molar-refractivity contribution >= 4 is 23.2 Å². The van der Waals surface area contributed by atoms with Crippen LogP contribution in [0.4, 0.5) is 0 Å². The van der Waals surface area contributed by atoms with Gasteiger partial charge in [0.2, 0.25) is 0 Å². The lowest BCUT2D eigenvalue weighted by molar-refractivity contribution is 0.0552. The lowest BCUT2D eigenvalue weighted by Gasteiger charge is -2.23. The van der Waals surface area contributed by atoms with E-state index in [2.05, 4.69) is 0 Å². The number of hydrogen-bond donors (Lipinski definition) is 3. The normalized spacial score (nSPS) is 12.2. The molecule has 0 amide bonds. The molecular formula is C17H24ClNO4. The van der Waals surface area contributed by atoms with Gasteiger partial charge in [-0.05, 0) is 22.9 Å². The highest BCUT2D eigenvalue weighted by Gasteiger charge is 2.12. The summed E-state index contributed by atoms with van der Waals surface area (Å²) in [6.45, 7) is 1.37. The first-order valence-electron chi connectivity index (χ1n) is 7.46. The van der Waals surface area contributed by atoms with Crippen molar-refractivity contribution in [2.24, 2.45) is 0 Å². The molecule has 0 aromatic heterocycles. The summed E-state index contributed by atoms with van der Waals surface area (Å²) in [5, 5.41) is 30.2. The van der Waals surface area contributed by atoms with E-state index < -0.39 is 6.10 Å². The summed E-state index contributed by atoms with van der Waals surface area (Å²) in [5.74, 6) is 0.716. The number of aliphatic hydroxyl groups excluding tert-OH is 3. The topological polar surface area (TPSA) is 73.2 Å². The largest absolute Gasteiger partial charge is 0.491 e. The van der Waals surface area contributed by atoms with Gasteiger partial charge in [0.25, 0.3) is 0 Å². The maximum Gasteiger partial charge on any atom is 0.120 e. The van der Waals surface area contributed by atoms with E-state index in [0.29, 0.717) is 25.4 Å². The molecule has 6 heteroatoms. The Labute approximate surface area is 142 Å². The standard InChI is InChI=1S/C17H23NO4.ClH/c19-9-7-18(8-10-20)12-16(21)13-22-17-6-5-14-3-1-2-4-15(14)11-17;/h1-6,11,16,19-21H,7-10,12-13H2;1H. The lowest BCUT2D eigenvalue weighted by atomic mass is 10.1. The summed E-state index contributed by atoms with van der Waals surface area (Å²) >= 11 is 0. The molecule has 0 spiro atoms. The minimum atomic E-state index is -0.676. The molecule has 0 aliphatic heterocycles. The highest BCUT2D eigenvalue weighted by molar-refractivity contribution is 5.85. The molecule has 1 atom stereocenters. The maximum atomic E-state index is 10.0. The number of halogens is 1. The molecule has 0 saturated carbocycles. The van der Waals surface area contributed by atoms with Crippen molar-refractivity contribution in [1.82, 2.24) is 4.90 Å². The van der Waals surface area contributed by atoms with Gasteiger partial charge in [-0.2, -0.15) is 0 Å². The number of fused-ring (bicyclic) bond motifs is 1. The Balaban J connectivity index is 0.00000264. The van der Waals surface area contributed by atoms with E-state index in [0.717, 1.165) is 10.8 Å². The SMILES string of the molecule is Cl.OCCN(CCO)CC(O)COc1ccc2ccccc2c1. The van der Waals surface area contributed by atoms with Crippen molar-refractivity contribution in [3.63, 3.8) is 0 Å². The van der Waals surface area contributed by atoms with Crippen molar-refractivity contribution in [2.45, 2.75) is 6.10 Å². The number of nitrogens with zero attached hydrogens (tertiary/aromatic N) is 1. The first kappa shape index (κ1) is 19.7. The molecule has 0 saturated heterocycles. The summed E-state index contributed by atoms with van der Waals surface area (Å²) in [5.41, 5.74) is 0. The molecule has 0 bridgehead atoms. The van der Waals surface area contributed by atoms with Gasteiger partial charge in [-0.15, -0.1) is 12.4 Å². The van der Waals surface area contributed by atoms with Gasteiger partial charge < -0.3 is 20.1 Å². The van der Waals surface area contributed by atoms with Gasteiger partial charge in [-0.1, -0.05) is 30.3 Å². The van der Waals surface area contributed by atoms with Crippen LogP contribution in [-0.2, 0) is 0 Å². The fourth-order valence-corrected chi connectivity index (χ4v) is 2.38. The van der Waals surface area contributed by atoms with Crippen molar-refractivity contribution < 1.29 is 20.1 Å². The molecule has 1 unspecified atom stereocenters. The zero-order valence-corrected chi connectivity index (χ0v) is 13.8. The Morgan fingerprint density at radius 1 is 0.957 bits per heavy atom. The highest BCUT2D eigenvalue weighted by atomic mass is 35.5. The number of hydrogen-bond acceptors (Lipinski definition) is 5. The summed E-state index contributed by atoms with van der Waals surface area (Å²) in [6.07, 6.45) is -0.676.